The number of aromatic nitrogens is 7. The van der Waals surface area contributed by atoms with E-state index >= 15 is 0 Å². The van der Waals surface area contributed by atoms with Crippen LogP contribution in [0.2, 0.25) is 0 Å². The first-order chi connectivity index (χ1) is 13.5. The number of halogens is 3. The first-order valence-corrected chi connectivity index (χ1v) is 8.08. The Morgan fingerprint density at radius 1 is 1.18 bits per heavy atom. The molecular weight excluding hydrogens is 377 g/mol. The molecule has 1 atom stereocenters. The van der Waals surface area contributed by atoms with Crippen LogP contribution in [0.3, 0.4) is 0 Å². The molecule has 4 aromatic heterocycles. The highest BCUT2D eigenvalue weighted by Crippen LogP contribution is 2.23. The van der Waals surface area contributed by atoms with Gasteiger partial charge in [0.2, 0.25) is 5.88 Å². The standard InChI is InChI=1S/C16H13F3N8O/c1-8(10-4-9(17)2-3-20-10)27-15-11(6-22-27)21-7-13(24-15)23-12-5-14(26-25-12)28-16(18)19/h2-8,16H,1H3,(H2,23,24,25,26)/t8-/m1/s1. The van der Waals surface area contributed by atoms with Gasteiger partial charge in [0.25, 0.3) is 0 Å². The predicted molar refractivity (Wildman–Crippen MR) is 91.8 cm³/mol. The van der Waals surface area contributed by atoms with Crippen molar-refractivity contribution in [2.75, 3.05) is 5.32 Å². The van der Waals surface area contributed by atoms with E-state index in [0.29, 0.717) is 22.7 Å². The molecule has 0 radical (unpaired) electrons. The highest BCUT2D eigenvalue weighted by Gasteiger charge is 2.16. The average molecular weight is 390 g/mol. The molecule has 0 aliphatic rings. The molecule has 0 aliphatic heterocycles. The van der Waals surface area contributed by atoms with E-state index in [0.717, 1.165) is 0 Å². The fraction of sp³-hybridized carbons (Fsp3) is 0.188. The maximum Gasteiger partial charge on any atom is 0.388 e. The van der Waals surface area contributed by atoms with Crippen LogP contribution < -0.4 is 10.1 Å². The molecule has 0 aromatic carbocycles. The van der Waals surface area contributed by atoms with Crippen molar-refractivity contribution in [1.82, 2.24) is 34.9 Å². The number of aromatic amines is 1. The second kappa shape index (κ2) is 7.13. The molecule has 4 rings (SSSR count). The van der Waals surface area contributed by atoms with Gasteiger partial charge in [-0.15, -0.1) is 0 Å². The zero-order valence-corrected chi connectivity index (χ0v) is 14.3. The van der Waals surface area contributed by atoms with Gasteiger partial charge in [-0.2, -0.15) is 19.0 Å². The van der Waals surface area contributed by atoms with Crippen LogP contribution in [0, 0.1) is 5.82 Å². The number of ether oxygens (including phenoxy) is 1. The van der Waals surface area contributed by atoms with Crippen molar-refractivity contribution < 1.29 is 17.9 Å². The second-order valence-electron chi connectivity index (χ2n) is 5.75. The normalized spacial score (nSPS) is 12.5. The molecule has 0 unspecified atom stereocenters. The monoisotopic (exact) mass is 390 g/mol. The molecule has 0 saturated heterocycles. The van der Waals surface area contributed by atoms with Crippen molar-refractivity contribution in [3.8, 4) is 5.88 Å². The highest BCUT2D eigenvalue weighted by atomic mass is 19.3. The minimum absolute atomic E-state index is 0.192. The average Bonchev–Trinajstić information content (AvgIpc) is 3.27. The Morgan fingerprint density at radius 3 is 2.82 bits per heavy atom. The van der Waals surface area contributed by atoms with E-state index < -0.39 is 18.5 Å². The lowest BCUT2D eigenvalue weighted by molar-refractivity contribution is -0.0528. The third kappa shape index (κ3) is 3.56. The third-order valence-electron chi connectivity index (χ3n) is 3.87. The predicted octanol–water partition coefficient (Wildman–Crippen LogP) is 3.04. The van der Waals surface area contributed by atoms with Crippen molar-refractivity contribution in [3.63, 3.8) is 0 Å². The largest absolute Gasteiger partial charge is 0.417 e. The molecule has 0 amide bonds. The van der Waals surface area contributed by atoms with Gasteiger partial charge in [-0.25, -0.2) is 24.1 Å². The Bertz CT molecular complexity index is 1110. The van der Waals surface area contributed by atoms with Gasteiger partial charge in [0.1, 0.15) is 11.3 Å². The van der Waals surface area contributed by atoms with E-state index in [2.05, 4.69) is 40.3 Å². The zero-order chi connectivity index (χ0) is 19.7. The van der Waals surface area contributed by atoms with Gasteiger partial charge in [0, 0.05) is 12.3 Å². The summed E-state index contributed by atoms with van der Waals surface area (Å²) in [6.07, 6.45) is 4.36. The van der Waals surface area contributed by atoms with E-state index in [-0.39, 0.29) is 11.7 Å². The van der Waals surface area contributed by atoms with Crippen LogP contribution in [-0.4, -0.2) is 41.5 Å². The third-order valence-corrected chi connectivity index (χ3v) is 3.87. The van der Waals surface area contributed by atoms with Gasteiger partial charge in [-0.3, -0.25) is 4.98 Å². The quantitative estimate of drug-likeness (QED) is 0.521. The number of fused-ring (bicyclic) bond motifs is 1. The van der Waals surface area contributed by atoms with Gasteiger partial charge in [-0.05, 0) is 19.1 Å². The van der Waals surface area contributed by atoms with Gasteiger partial charge < -0.3 is 10.1 Å². The summed E-state index contributed by atoms with van der Waals surface area (Å²) in [5, 5.41) is 13.2. The van der Waals surface area contributed by atoms with E-state index in [1.165, 1.54) is 36.8 Å². The molecule has 0 fully saturated rings. The Labute approximate surface area is 155 Å². The van der Waals surface area contributed by atoms with Gasteiger partial charge in [-0.1, -0.05) is 0 Å². The lowest BCUT2D eigenvalue weighted by Crippen LogP contribution is -2.11. The molecule has 0 aliphatic carbocycles. The molecule has 4 aromatic rings. The Morgan fingerprint density at radius 2 is 2.04 bits per heavy atom. The molecule has 12 heteroatoms. The van der Waals surface area contributed by atoms with Crippen LogP contribution in [0.25, 0.3) is 11.2 Å². The first kappa shape index (κ1) is 17.7. The fourth-order valence-electron chi connectivity index (χ4n) is 2.59. The number of nitrogens with zero attached hydrogens (tertiary/aromatic N) is 6. The molecule has 0 bridgehead atoms. The van der Waals surface area contributed by atoms with Crippen molar-refractivity contribution in [3.05, 3.63) is 48.3 Å². The molecule has 9 nitrogen and oxygen atoms in total. The Balaban J connectivity index is 1.62. The number of hydrogen-bond acceptors (Lipinski definition) is 7. The molecule has 4 heterocycles. The van der Waals surface area contributed by atoms with Crippen LogP contribution in [0.1, 0.15) is 18.7 Å². The SMILES string of the molecule is C[C@H](c1cc(F)ccn1)n1ncc2ncc(Nc3cc(OC(F)F)[nH]n3)nc21. The summed E-state index contributed by atoms with van der Waals surface area (Å²) in [6, 6.07) is 3.44. The molecular formula is C16H13F3N8O. The van der Waals surface area contributed by atoms with Crippen LogP contribution >= 0.6 is 0 Å². The molecule has 28 heavy (non-hydrogen) atoms. The number of nitrogens with one attached hydrogen (secondary N) is 2. The van der Waals surface area contributed by atoms with Gasteiger partial charge >= 0.3 is 6.61 Å². The second-order valence-corrected chi connectivity index (χ2v) is 5.75. The number of hydrogen-bond donors (Lipinski definition) is 2. The topological polar surface area (TPSA) is 106 Å². The number of H-pyrrole nitrogens is 1. The Hall–Kier alpha value is -3.70. The minimum atomic E-state index is -2.96. The number of anilines is 2. The van der Waals surface area contributed by atoms with Crippen LogP contribution in [0.4, 0.5) is 24.8 Å². The maximum atomic E-state index is 13.5. The van der Waals surface area contributed by atoms with E-state index in [9.17, 15) is 13.2 Å². The number of alkyl halides is 2. The summed E-state index contributed by atoms with van der Waals surface area (Å²) in [7, 11) is 0. The number of rotatable bonds is 6. The van der Waals surface area contributed by atoms with E-state index in [1.54, 1.807) is 11.6 Å². The van der Waals surface area contributed by atoms with Crippen molar-refractivity contribution >= 4 is 22.8 Å². The van der Waals surface area contributed by atoms with Gasteiger partial charge in [0.05, 0.1) is 24.1 Å². The number of pyridine rings is 1. The zero-order valence-electron chi connectivity index (χ0n) is 14.3. The van der Waals surface area contributed by atoms with Crippen LogP contribution in [0.5, 0.6) is 5.88 Å². The molecule has 2 N–H and O–H groups in total. The van der Waals surface area contributed by atoms with Crippen molar-refractivity contribution in [2.45, 2.75) is 19.6 Å². The summed E-state index contributed by atoms with van der Waals surface area (Å²) in [5.74, 6) is -0.0663. The smallest absolute Gasteiger partial charge is 0.388 e. The molecule has 0 spiro atoms. The lowest BCUT2D eigenvalue weighted by Gasteiger charge is -2.12. The summed E-state index contributed by atoms with van der Waals surface area (Å²) in [6.45, 7) is -1.16. The Kier molecular flexibility index (Phi) is 4.51. The minimum Gasteiger partial charge on any atom is -0.417 e. The lowest BCUT2D eigenvalue weighted by atomic mass is 10.2. The van der Waals surface area contributed by atoms with Crippen molar-refractivity contribution in [1.29, 1.82) is 0 Å². The molecule has 144 valence electrons. The van der Waals surface area contributed by atoms with E-state index in [4.69, 9.17) is 0 Å². The van der Waals surface area contributed by atoms with Crippen LogP contribution in [-0.2, 0) is 0 Å². The first-order valence-electron chi connectivity index (χ1n) is 8.08. The fourth-order valence-corrected chi connectivity index (χ4v) is 2.59. The van der Waals surface area contributed by atoms with E-state index in [1.807, 2.05) is 0 Å². The summed E-state index contributed by atoms with van der Waals surface area (Å²) in [5.41, 5.74) is 1.44. The summed E-state index contributed by atoms with van der Waals surface area (Å²) in [4.78, 5) is 12.9. The molecule has 0 saturated carbocycles. The highest BCUT2D eigenvalue weighted by molar-refractivity contribution is 5.72. The van der Waals surface area contributed by atoms with Crippen molar-refractivity contribution in [2.24, 2.45) is 0 Å². The summed E-state index contributed by atoms with van der Waals surface area (Å²) >= 11 is 0. The van der Waals surface area contributed by atoms with Crippen LogP contribution in [0.15, 0.2) is 36.8 Å². The maximum absolute atomic E-state index is 13.5. The summed E-state index contributed by atoms with van der Waals surface area (Å²) < 4.78 is 43.7. The van der Waals surface area contributed by atoms with Gasteiger partial charge in [0.15, 0.2) is 17.3 Å².